The number of Topliss-reactive ketones (excluding diaryl/α,β-unsaturated/α-hetero) is 1. The van der Waals surface area contributed by atoms with E-state index in [1.165, 1.54) is 6.92 Å². The zero-order chi connectivity index (χ0) is 19.1. The van der Waals surface area contributed by atoms with Crippen molar-refractivity contribution in [1.82, 2.24) is 10.9 Å². The Kier molecular flexibility index (Phi) is 6.54. The van der Waals surface area contributed by atoms with Gasteiger partial charge in [0.25, 0.3) is 5.91 Å². The maximum atomic E-state index is 11.9. The summed E-state index contributed by atoms with van der Waals surface area (Å²) >= 11 is 0. The Bertz CT molecular complexity index is 793. The van der Waals surface area contributed by atoms with E-state index in [0.717, 1.165) is 0 Å². The number of aryl methyl sites for hydroxylation is 2. The van der Waals surface area contributed by atoms with Crippen LogP contribution in [0.5, 0.6) is 5.75 Å². The molecule has 138 valence electrons. The Morgan fingerprint density at radius 1 is 1.08 bits per heavy atom. The topological polar surface area (TPSA) is 97.6 Å². The molecule has 1 heterocycles. The highest BCUT2D eigenvalue weighted by Crippen LogP contribution is 2.14. The molecule has 2 amide bonds. The minimum atomic E-state index is -0.422. The molecular formula is C19H22N2O5. The zero-order valence-electron chi connectivity index (χ0n) is 15.0. The molecule has 2 N–H and O–H groups in total. The van der Waals surface area contributed by atoms with Gasteiger partial charge in [-0.3, -0.25) is 25.2 Å². The van der Waals surface area contributed by atoms with Crippen molar-refractivity contribution in [2.24, 2.45) is 0 Å². The third-order valence-corrected chi connectivity index (χ3v) is 3.68. The molecule has 0 saturated heterocycles. The van der Waals surface area contributed by atoms with E-state index in [0.29, 0.717) is 41.4 Å². The quantitative estimate of drug-likeness (QED) is 0.450. The molecule has 26 heavy (non-hydrogen) atoms. The summed E-state index contributed by atoms with van der Waals surface area (Å²) in [7, 11) is 0. The molecule has 2 aromatic rings. The Morgan fingerprint density at radius 2 is 1.77 bits per heavy atom. The molecule has 7 heteroatoms. The van der Waals surface area contributed by atoms with Crippen LogP contribution in [0.15, 0.2) is 34.7 Å². The number of ether oxygens (including phenoxy) is 1. The molecule has 0 spiro atoms. The Labute approximate surface area is 151 Å². The lowest BCUT2D eigenvalue weighted by Crippen LogP contribution is -2.41. The fraction of sp³-hybridized carbons (Fsp3) is 0.316. The van der Waals surface area contributed by atoms with Crippen molar-refractivity contribution in [3.05, 3.63) is 53.0 Å². The first-order valence-corrected chi connectivity index (χ1v) is 8.27. The number of hydrazine groups is 1. The minimum absolute atomic E-state index is 0.00366. The predicted octanol–water partition coefficient (Wildman–Crippen LogP) is 2.72. The number of carbonyl (C=O) groups is 3. The lowest BCUT2D eigenvalue weighted by molar-refractivity contribution is -0.122. The summed E-state index contributed by atoms with van der Waals surface area (Å²) < 4.78 is 10.8. The summed E-state index contributed by atoms with van der Waals surface area (Å²) in [5.74, 6) is 1.03. The molecule has 0 aliphatic carbocycles. The highest BCUT2D eigenvalue weighted by Gasteiger charge is 2.14. The van der Waals surface area contributed by atoms with Gasteiger partial charge < -0.3 is 9.15 Å². The van der Waals surface area contributed by atoms with E-state index >= 15 is 0 Å². The first-order valence-electron chi connectivity index (χ1n) is 8.27. The van der Waals surface area contributed by atoms with Crippen LogP contribution in [-0.4, -0.2) is 24.2 Å². The number of hydrogen-bond donors (Lipinski definition) is 2. The van der Waals surface area contributed by atoms with Gasteiger partial charge in [0.1, 0.15) is 17.3 Å². The van der Waals surface area contributed by atoms with Crippen molar-refractivity contribution >= 4 is 17.6 Å². The van der Waals surface area contributed by atoms with Crippen molar-refractivity contribution in [2.45, 2.75) is 33.6 Å². The van der Waals surface area contributed by atoms with Crippen LogP contribution in [0.2, 0.25) is 0 Å². The van der Waals surface area contributed by atoms with E-state index in [1.54, 1.807) is 44.2 Å². The third kappa shape index (κ3) is 5.47. The van der Waals surface area contributed by atoms with E-state index in [1.807, 2.05) is 0 Å². The minimum Gasteiger partial charge on any atom is -0.494 e. The van der Waals surface area contributed by atoms with Crippen LogP contribution < -0.4 is 15.6 Å². The van der Waals surface area contributed by atoms with Gasteiger partial charge >= 0.3 is 0 Å². The van der Waals surface area contributed by atoms with E-state index in [4.69, 9.17) is 9.15 Å². The van der Waals surface area contributed by atoms with E-state index in [2.05, 4.69) is 10.9 Å². The van der Waals surface area contributed by atoms with E-state index in [9.17, 15) is 14.4 Å². The average Bonchev–Trinajstić information content (AvgIpc) is 2.95. The zero-order valence-corrected chi connectivity index (χ0v) is 15.0. The monoisotopic (exact) mass is 358 g/mol. The van der Waals surface area contributed by atoms with Gasteiger partial charge in [0.05, 0.1) is 12.2 Å². The number of rotatable bonds is 7. The summed E-state index contributed by atoms with van der Waals surface area (Å²) in [4.78, 5) is 34.9. The van der Waals surface area contributed by atoms with Crippen LogP contribution in [0.1, 0.15) is 52.0 Å². The van der Waals surface area contributed by atoms with Crippen molar-refractivity contribution < 1.29 is 23.5 Å². The Morgan fingerprint density at radius 3 is 2.35 bits per heavy atom. The fourth-order valence-corrected chi connectivity index (χ4v) is 2.32. The summed E-state index contributed by atoms with van der Waals surface area (Å²) in [6.45, 7) is 5.28. The number of furan rings is 1. The van der Waals surface area contributed by atoms with Crippen molar-refractivity contribution in [1.29, 1.82) is 0 Å². The maximum absolute atomic E-state index is 11.9. The third-order valence-electron chi connectivity index (χ3n) is 3.68. The summed E-state index contributed by atoms with van der Waals surface area (Å²) in [6, 6.07) is 8.43. The molecule has 0 fully saturated rings. The van der Waals surface area contributed by atoms with Gasteiger partial charge in [0.15, 0.2) is 5.78 Å². The molecule has 2 rings (SSSR count). The lowest BCUT2D eigenvalue weighted by Gasteiger charge is -2.08. The SMILES string of the molecule is CC(=O)c1ccc(OCCCC(=O)NNC(=O)c2cc(C)oc2C)cc1. The number of amides is 2. The van der Waals surface area contributed by atoms with Gasteiger partial charge in [-0.1, -0.05) is 0 Å². The molecule has 0 radical (unpaired) electrons. The molecular weight excluding hydrogens is 336 g/mol. The normalized spacial score (nSPS) is 10.3. The highest BCUT2D eigenvalue weighted by atomic mass is 16.5. The largest absolute Gasteiger partial charge is 0.494 e. The van der Waals surface area contributed by atoms with Crippen molar-refractivity contribution in [3.63, 3.8) is 0 Å². The van der Waals surface area contributed by atoms with E-state index < -0.39 is 5.91 Å². The molecule has 0 bridgehead atoms. The molecule has 7 nitrogen and oxygen atoms in total. The first kappa shape index (κ1) is 19.2. The van der Waals surface area contributed by atoms with Crippen LogP contribution in [0.3, 0.4) is 0 Å². The fourth-order valence-electron chi connectivity index (χ4n) is 2.32. The van der Waals surface area contributed by atoms with Gasteiger partial charge in [0, 0.05) is 12.0 Å². The smallest absolute Gasteiger partial charge is 0.273 e. The van der Waals surface area contributed by atoms with Crippen LogP contribution in [0.4, 0.5) is 0 Å². The summed E-state index contributed by atoms with van der Waals surface area (Å²) in [6.07, 6.45) is 0.690. The molecule has 1 aromatic carbocycles. The molecule has 0 saturated carbocycles. The maximum Gasteiger partial charge on any atom is 0.273 e. The average molecular weight is 358 g/mol. The molecule has 0 unspecified atom stereocenters. The highest BCUT2D eigenvalue weighted by molar-refractivity contribution is 5.96. The van der Waals surface area contributed by atoms with Gasteiger partial charge in [-0.25, -0.2) is 0 Å². The van der Waals surface area contributed by atoms with Crippen LogP contribution in [0.25, 0.3) is 0 Å². The van der Waals surface area contributed by atoms with Crippen LogP contribution in [-0.2, 0) is 4.79 Å². The van der Waals surface area contributed by atoms with Gasteiger partial charge in [-0.05, 0) is 57.5 Å². The number of benzene rings is 1. The number of carbonyl (C=O) groups excluding carboxylic acids is 3. The number of hydrogen-bond acceptors (Lipinski definition) is 5. The van der Waals surface area contributed by atoms with Crippen molar-refractivity contribution in [3.8, 4) is 5.75 Å². The predicted molar refractivity (Wildman–Crippen MR) is 95.0 cm³/mol. The standard InChI is InChI=1S/C19H22N2O5/c1-12-11-17(14(3)26-12)19(24)21-20-18(23)5-4-10-25-16-8-6-15(7-9-16)13(2)22/h6-9,11H,4-5,10H2,1-3H3,(H,20,23)(H,21,24). The van der Waals surface area contributed by atoms with Crippen LogP contribution in [0, 0.1) is 13.8 Å². The summed E-state index contributed by atoms with van der Waals surface area (Å²) in [5, 5.41) is 0. The van der Waals surface area contributed by atoms with Crippen molar-refractivity contribution in [2.75, 3.05) is 6.61 Å². The van der Waals surface area contributed by atoms with Crippen LogP contribution >= 0.6 is 0 Å². The number of nitrogens with one attached hydrogen (secondary N) is 2. The Hall–Kier alpha value is -3.09. The lowest BCUT2D eigenvalue weighted by atomic mass is 10.1. The van der Waals surface area contributed by atoms with Gasteiger partial charge in [0.2, 0.25) is 5.91 Å². The second-order valence-electron chi connectivity index (χ2n) is 5.86. The summed E-state index contributed by atoms with van der Waals surface area (Å²) in [5.41, 5.74) is 5.73. The number of ketones is 1. The Balaban J connectivity index is 1.66. The second kappa shape index (κ2) is 8.84. The molecule has 0 atom stereocenters. The van der Waals surface area contributed by atoms with E-state index in [-0.39, 0.29) is 18.1 Å². The van der Waals surface area contributed by atoms with Gasteiger partial charge in [-0.15, -0.1) is 0 Å². The molecule has 1 aromatic heterocycles. The molecule has 0 aliphatic rings. The molecule has 0 aliphatic heterocycles. The second-order valence-corrected chi connectivity index (χ2v) is 5.86. The first-order chi connectivity index (χ1) is 12.4. The van der Waals surface area contributed by atoms with Gasteiger partial charge in [-0.2, -0.15) is 0 Å².